The van der Waals surface area contributed by atoms with Gasteiger partial charge in [-0.3, -0.25) is 14.2 Å². The summed E-state index contributed by atoms with van der Waals surface area (Å²) in [6, 6.07) is 22.2. The molecule has 0 aliphatic rings. The molecule has 0 aliphatic carbocycles. The van der Waals surface area contributed by atoms with Crippen LogP contribution in [0.15, 0.2) is 87.6 Å². The number of nitrogens with zero attached hydrogens (tertiary/aromatic N) is 2. The molecule has 4 aromatic rings. The molecule has 0 saturated heterocycles. The number of aromatic nitrogens is 2. The van der Waals surface area contributed by atoms with Crippen LogP contribution in [0.25, 0.3) is 16.6 Å². The van der Waals surface area contributed by atoms with Crippen LogP contribution >= 0.6 is 23.5 Å². The first kappa shape index (κ1) is 22.9. The third-order valence-electron chi connectivity index (χ3n) is 4.86. The fourth-order valence-corrected chi connectivity index (χ4v) is 4.52. The Morgan fingerprint density at radius 2 is 1.76 bits per heavy atom. The lowest BCUT2D eigenvalue weighted by molar-refractivity contribution is -0.113. The van der Waals surface area contributed by atoms with Crippen molar-refractivity contribution in [2.24, 2.45) is 0 Å². The minimum absolute atomic E-state index is 0.117. The Morgan fingerprint density at radius 3 is 2.45 bits per heavy atom. The molecule has 1 amide bonds. The molecular weight excluding hydrogens is 454 g/mol. The smallest absolute Gasteiger partial charge is 0.266 e. The Bertz CT molecular complexity index is 1320. The summed E-state index contributed by atoms with van der Waals surface area (Å²) in [6.07, 6.45) is 2.00. The van der Waals surface area contributed by atoms with E-state index >= 15 is 0 Å². The molecule has 8 heteroatoms. The van der Waals surface area contributed by atoms with Gasteiger partial charge in [-0.2, -0.15) is 0 Å². The van der Waals surface area contributed by atoms with Gasteiger partial charge in [-0.05, 0) is 73.8 Å². The van der Waals surface area contributed by atoms with Gasteiger partial charge in [-0.1, -0.05) is 23.9 Å². The first-order valence-corrected chi connectivity index (χ1v) is 12.6. The molecule has 0 spiro atoms. The van der Waals surface area contributed by atoms with Crippen molar-refractivity contribution in [3.05, 3.63) is 83.2 Å². The van der Waals surface area contributed by atoms with Crippen LogP contribution < -0.4 is 15.6 Å². The molecule has 3 aromatic carbocycles. The Kier molecular flexibility index (Phi) is 7.36. The minimum Gasteiger partial charge on any atom is -0.494 e. The highest BCUT2D eigenvalue weighted by molar-refractivity contribution is 7.99. The standard InChI is InChI=1S/C25H23N3O3S2/c1-3-31-19-12-10-18(11-13-19)28-24(30)21-6-4-5-7-22(21)27-25(28)33-16-23(29)26-17-8-14-20(32-2)15-9-17/h4-15H,3,16H2,1-2H3,(H,26,29). The summed E-state index contributed by atoms with van der Waals surface area (Å²) >= 11 is 2.87. The van der Waals surface area contributed by atoms with Crippen LogP contribution in [0.2, 0.25) is 0 Å². The summed E-state index contributed by atoms with van der Waals surface area (Å²) in [5, 5.41) is 3.87. The van der Waals surface area contributed by atoms with Crippen LogP contribution in [0.5, 0.6) is 5.75 Å². The monoisotopic (exact) mass is 477 g/mol. The van der Waals surface area contributed by atoms with E-state index < -0.39 is 0 Å². The molecule has 4 rings (SSSR count). The van der Waals surface area contributed by atoms with Crippen molar-refractivity contribution < 1.29 is 9.53 Å². The maximum atomic E-state index is 13.3. The van der Waals surface area contributed by atoms with Gasteiger partial charge in [-0.25, -0.2) is 4.98 Å². The zero-order valence-corrected chi connectivity index (χ0v) is 19.9. The third-order valence-corrected chi connectivity index (χ3v) is 6.54. The van der Waals surface area contributed by atoms with Crippen LogP contribution in [0.1, 0.15) is 6.92 Å². The molecule has 168 valence electrons. The number of benzene rings is 3. The van der Waals surface area contributed by atoms with E-state index in [9.17, 15) is 9.59 Å². The van der Waals surface area contributed by atoms with Crippen molar-refractivity contribution in [1.82, 2.24) is 9.55 Å². The summed E-state index contributed by atoms with van der Waals surface area (Å²) < 4.78 is 7.06. The quantitative estimate of drug-likeness (QED) is 0.276. The maximum absolute atomic E-state index is 13.3. The highest BCUT2D eigenvalue weighted by Gasteiger charge is 2.15. The highest BCUT2D eigenvalue weighted by Crippen LogP contribution is 2.23. The Labute approximate surface area is 200 Å². The van der Waals surface area contributed by atoms with Crippen LogP contribution in [0, 0.1) is 0 Å². The van der Waals surface area contributed by atoms with Crippen molar-refractivity contribution in [3.63, 3.8) is 0 Å². The molecule has 1 heterocycles. The maximum Gasteiger partial charge on any atom is 0.266 e. The summed E-state index contributed by atoms with van der Waals surface area (Å²) in [7, 11) is 0. The predicted octanol–water partition coefficient (Wildman–Crippen LogP) is 5.24. The van der Waals surface area contributed by atoms with E-state index in [1.54, 1.807) is 28.5 Å². The normalized spacial score (nSPS) is 10.8. The number of carbonyl (C=O) groups is 1. The van der Waals surface area contributed by atoms with E-state index in [0.717, 1.165) is 16.3 Å². The number of amides is 1. The Balaban J connectivity index is 1.62. The van der Waals surface area contributed by atoms with Crippen LogP contribution in [-0.4, -0.2) is 34.1 Å². The van der Waals surface area contributed by atoms with E-state index in [1.807, 2.05) is 73.8 Å². The van der Waals surface area contributed by atoms with Crippen molar-refractivity contribution in [2.75, 3.05) is 23.9 Å². The fraction of sp³-hybridized carbons (Fsp3) is 0.160. The van der Waals surface area contributed by atoms with Gasteiger partial charge in [0.1, 0.15) is 5.75 Å². The van der Waals surface area contributed by atoms with Crippen LogP contribution in [0.4, 0.5) is 5.69 Å². The lowest BCUT2D eigenvalue weighted by atomic mass is 10.2. The first-order valence-electron chi connectivity index (χ1n) is 10.4. The summed E-state index contributed by atoms with van der Waals surface area (Å²) in [5.41, 5.74) is 1.81. The molecule has 0 saturated carbocycles. The van der Waals surface area contributed by atoms with E-state index in [-0.39, 0.29) is 17.2 Å². The Morgan fingerprint density at radius 1 is 1.03 bits per heavy atom. The summed E-state index contributed by atoms with van der Waals surface area (Å²) in [5.74, 6) is 0.674. The summed E-state index contributed by atoms with van der Waals surface area (Å²) in [4.78, 5) is 31.7. The number of rotatable bonds is 8. The average molecular weight is 478 g/mol. The minimum atomic E-state index is -0.180. The van der Waals surface area contributed by atoms with Crippen molar-refractivity contribution >= 4 is 46.0 Å². The lowest BCUT2D eigenvalue weighted by Gasteiger charge is -2.14. The second kappa shape index (κ2) is 10.6. The molecule has 0 fully saturated rings. The number of anilines is 1. The molecule has 0 aliphatic heterocycles. The molecule has 6 nitrogen and oxygen atoms in total. The second-order valence-electron chi connectivity index (χ2n) is 7.04. The fourth-order valence-electron chi connectivity index (χ4n) is 3.30. The highest BCUT2D eigenvalue weighted by atomic mass is 32.2. The van der Waals surface area contributed by atoms with Crippen molar-refractivity contribution in [2.45, 2.75) is 17.0 Å². The van der Waals surface area contributed by atoms with Gasteiger partial charge in [0.2, 0.25) is 5.91 Å². The van der Waals surface area contributed by atoms with Gasteiger partial charge in [0, 0.05) is 10.6 Å². The molecule has 0 atom stereocenters. The number of para-hydroxylation sites is 1. The lowest BCUT2D eigenvalue weighted by Crippen LogP contribution is -2.23. The molecule has 0 unspecified atom stereocenters. The predicted molar refractivity (Wildman–Crippen MR) is 136 cm³/mol. The van der Waals surface area contributed by atoms with E-state index in [2.05, 4.69) is 10.3 Å². The topological polar surface area (TPSA) is 73.2 Å². The average Bonchev–Trinajstić information content (AvgIpc) is 2.84. The molecule has 33 heavy (non-hydrogen) atoms. The number of carbonyl (C=O) groups excluding carboxylic acids is 1. The number of hydrogen-bond acceptors (Lipinski definition) is 6. The number of nitrogens with one attached hydrogen (secondary N) is 1. The van der Waals surface area contributed by atoms with Crippen molar-refractivity contribution in [3.8, 4) is 11.4 Å². The van der Waals surface area contributed by atoms with Gasteiger partial charge >= 0.3 is 0 Å². The second-order valence-corrected chi connectivity index (χ2v) is 8.87. The number of thioether (sulfide) groups is 2. The van der Waals surface area contributed by atoms with Gasteiger partial charge in [-0.15, -0.1) is 11.8 Å². The molecule has 0 bridgehead atoms. The molecule has 1 N–H and O–H groups in total. The van der Waals surface area contributed by atoms with Gasteiger partial charge in [0.15, 0.2) is 5.16 Å². The van der Waals surface area contributed by atoms with E-state index in [0.29, 0.717) is 28.4 Å². The summed E-state index contributed by atoms with van der Waals surface area (Å²) in [6.45, 7) is 2.48. The Hall–Kier alpha value is -3.23. The number of ether oxygens (including phenoxy) is 1. The first-order chi connectivity index (χ1) is 16.1. The number of fused-ring (bicyclic) bond motifs is 1. The van der Waals surface area contributed by atoms with Gasteiger partial charge in [0.25, 0.3) is 5.56 Å². The molecule has 0 radical (unpaired) electrons. The van der Waals surface area contributed by atoms with Gasteiger partial charge in [0.05, 0.1) is 29.0 Å². The van der Waals surface area contributed by atoms with Crippen molar-refractivity contribution in [1.29, 1.82) is 0 Å². The SMILES string of the molecule is CCOc1ccc(-n2c(SCC(=O)Nc3ccc(SC)cc3)nc3ccccc3c2=O)cc1. The van der Waals surface area contributed by atoms with Crippen LogP contribution in [-0.2, 0) is 4.79 Å². The van der Waals surface area contributed by atoms with Crippen LogP contribution in [0.3, 0.4) is 0 Å². The van der Waals surface area contributed by atoms with E-state index in [4.69, 9.17) is 4.74 Å². The van der Waals surface area contributed by atoms with E-state index in [1.165, 1.54) is 11.8 Å². The molecular formula is C25H23N3O3S2. The zero-order chi connectivity index (χ0) is 23.2. The zero-order valence-electron chi connectivity index (χ0n) is 18.3. The molecule has 1 aromatic heterocycles. The third kappa shape index (κ3) is 5.40. The van der Waals surface area contributed by atoms with Gasteiger partial charge < -0.3 is 10.1 Å². The largest absolute Gasteiger partial charge is 0.494 e. The number of hydrogen-bond donors (Lipinski definition) is 1.